The van der Waals surface area contributed by atoms with Crippen LogP contribution in [0.5, 0.6) is 0 Å². The summed E-state index contributed by atoms with van der Waals surface area (Å²) in [6, 6.07) is 0.382. The van der Waals surface area contributed by atoms with Gasteiger partial charge in [-0.1, -0.05) is 0 Å². The summed E-state index contributed by atoms with van der Waals surface area (Å²) in [5, 5.41) is 20.0. The average Bonchev–Trinajstić information content (AvgIpc) is 2.76. The quantitative estimate of drug-likeness (QED) is 0.687. The molecule has 1 atom stereocenters. The number of carboxylic acid groups (broad SMARTS) is 2. The number of hydrogen-bond acceptors (Lipinski definition) is 3. The minimum atomic E-state index is -1.26. The van der Waals surface area contributed by atoms with Gasteiger partial charge in [-0.3, -0.25) is 9.59 Å². The zero-order valence-electron chi connectivity index (χ0n) is 11.7. The summed E-state index contributed by atoms with van der Waals surface area (Å²) >= 11 is 3.27. The molecule has 0 spiro atoms. The Balaban J connectivity index is 2.87. The minimum Gasteiger partial charge on any atom is -0.481 e. The maximum atomic E-state index is 12.2. The van der Waals surface area contributed by atoms with Gasteiger partial charge in [0.05, 0.1) is 0 Å². The van der Waals surface area contributed by atoms with Crippen LogP contribution in [0.25, 0.3) is 0 Å². The van der Waals surface area contributed by atoms with E-state index < -0.39 is 23.9 Å². The van der Waals surface area contributed by atoms with E-state index in [0.29, 0.717) is 10.2 Å². The number of halogens is 1. The van der Waals surface area contributed by atoms with Crippen molar-refractivity contribution in [1.29, 1.82) is 0 Å². The van der Waals surface area contributed by atoms with Crippen LogP contribution in [-0.4, -0.2) is 38.7 Å². The first-order chi connectivity index (χ1) is 9.72. The number of carboxylic acids is 2. The van der Waals surface area contributed by atoms with E-state index in [1.54, 1.807) is 16.8 Å². The second-order valence-electron chi connectivity index (χ2n) is 4.84. The monoisotopic (exact) mass is 360 g/mol. The third-order valence-electron chi connectivity index (χ3n) is 2.85. The number of amides is 1. The van der Waals surface area contributed by atoms with Crippen molar-refractivity contribution in [3.63, 3.8) is 0 Å². The fourth-order valence-corrected chi connectivity index (χ4v) is 2.25. The van der Waals surface area contributed by atoms with Crippen molar-refractivity contribution in [3.8, 4) is 0 Å². The van der Waals surface area contributed by atoms with Crippen LogP contribution < -0.4 is 5.32 Å². The largest absolute Gasteiger partial charge is 0.481 e. The maximum Gasteiger partial charge on any atom is 0.326 e. The number of nitrogens with one attached hydrogen (secondary N) is 1. The van der Waals surface area contributed by atoms with Gasteiger partial charge in [-0.25, -0.2) is 4.79 Å². The average molecular weight is 361 g/mol. The van der Waals surface area contributed by atoms with Gasteiger partial charge in [-0.15, -0.1) is 0 Å². The molecule has 0 aromatic carbocycles. The molecular weight excluding hydrogens is 344 g/mol. The van der Waals surface area contributed by atoms with Crippen LogP contribution in [0.4, 0.5) is 0 Å². The second-order valence-corrected chi connectivity index (χ2v) is 5.76. The van der Waals surface area contributed by atoms with Crippen molar-refractivity contribution >= 4 is 33.8 Å². The molecule has 0 radical (unpaired) electrons. The number of aromatic nitrogens is 1. The van der Waals surface area contributed by atoms with Gasteiger partial charge in [0.1, 0.15) is 11.7 Å². The second kappa shape index (κ2) is 7.26. The molecule has 1 rings (SSSR count). The normalized spacial score (nSPS) is 12.2. The van der Waals surface area contributed by atoms with Gasteiger partial charge in [0.15, 0.2) is 0 Å². The Morgan fingerprint density at radius 1 is 1.33 bits per heavy atom. The van der Waals surface area contributed by atoms with Gasteiger partial charge in [-0.2, -0.15) is 0 Å². The fourth-order valence-electron chi connectivity index (χ4n) is 1.81. The molecule has 0 bridgehead atoms. The molecule has 21 heavy (non-hydrogen) atoms. The molecule has 1 amide bonds. The Morgan fingerprint density at radius 2 is 1.95 bits per heavy atom. The first-order valence-electron chi connectivity index (χ1n) is 6.35. The molecule has 1 aromatic rings. The lowest BCUT2D eigenvalue weighted by Crippen LogP contribution is -2.41. The SMILES string of the molecule is CC(C)n1cc(Br)cc1C(=O)NC(CCC(=O)O)C(=O)O. The van der Waals surface area contributed by atoms with Gasteiger partial charge in [0.2, 0.25) is 0 Å². The summed E-state index contributed by atoms with van der Waals surface area (Å²) < 4.78 is 2.41. The van der Waals surface area contributed by atoms with E-state index in [9.17, 15) is 14.4 Å². The molecule has 1 aromatic heterocycles. The van der Waals surface area contributed by atoms with E-state index in [4.69, 9.17) is 10.2 Å². The van der Waals surface area contributed by atoms with E-state index in [1.165, 1.54) is 0 Å². The Labute approximate surface area is 130 Å². The van der Waals surface area contributed by atoms with Crippen molar-refractivity contribution in [2.24, 2.45) is 0 Å². The Hall–Kier alpha value is -1.83. The van der Waals surface area contributed by atoms with E-state index in [-0.39, 0.29) is 18.9 Å². The van der Waals surface area contributed by atoms with Crippen molar-refractivity contribution in [3.05, 3.63) is 22.4 Å². The predicted octanol–water partition coefficient (Wildman–Crippen LogP) is 1.88. The molecule has 0 fully saturated rings. The molecule has 1 heterocycles. The molecule has 0 saturated heterocycles. The van der Waals surface area contributed by atoms with Crippen LogP contribution in [0.3, 0.4) is 0 Å². The number of rotatable bonds is 7. The van der Waals surface area contributed by atoms with E-state index in [0.717, 1.165) is 0 Å². The first kappa shape index (κ1) is 17.2. The number of carbonyl (C=O) groups excluding carboxylic acids is 1. The van der Waals surface area contributed by atoms with Crippen molar-refractivity contribution in [2.45, 2.75) is 38.8 Å². The maximum absolute atomic E-state index is 12.2. The van der Waals surface area contributed by atoms with Crippen LogP contribution >= 0.6 is 15.9 Å². The molecule has 8 heteroatoms. The van der Waals surface area contributed by atoms with Crippen molar-refractivity contribution in [2.75, 3.05) is 0 Å². The molecule has 0 aliphatic rings. The highest BCUT2D eigenvalue weighted by atomic mass is 79.9. The Morgan fingerprint density at radius 3 is 2.43 bits per heavy atom. The number of nitrogens with zero attached hydrogens (tertiary/aromatic N) is 1. The summed E-state index contributed by atoms with van der Waals surface area (Å²) in [6.45, 7) is 3.78. The highest BCUT2D eigenvalue weighted by Gasteiger charge is 2.23. The van der Waals surface area contributed by atoms with E-state index >= 15 is 0 Å². The van der Waals surface area contributed by atoms with Crippen LogP contribution in [0.2, 0.25) is 0 Å². The van der Waals surface area contributed by atoms with E-state index in [2.05, 4.69) is 21.2 Å². The van der Waals surface area contributed by atoms with Crippen LogP contribution in [-0.2, 0) is 9.59 Å². The third kappa shape index (κ3) is 4.89. The third-order valence-corrected chi connectivity index (χ3v) is 3.29. The van der Waals surface area contributed by atoms with Gasteiger partial charge in [0.25, 0.3) is 5.91 Å². The zero-order valence-corrected chi connectivity index (χ0v) is 13.3. The first-order valence-corrected chi connectivity index (χ1v) is 7.14. The molecule has 116 valence electrons. The van der Waals surface area contributed by atoms with Gasteiger partial charge >= 0.3 is 11.9 Å². The number of hydrogen-bond donors (Lipinski definition) is 3. The lowest BCUT2D eigenvalue weighted by molar-refractivity contribution is -0.140. The highest BCUT2D eigenvalue weighted by Crippen LogP contribution is 2.19. The standard InChI is InChI=1S/C13H17BrN2O5/c1-7(2)16-6-8(14)5-10(16)12(19)15-9(13(20)21)3-4-11(17)18/h5-7,9H,3-4H2,1-2H3,(H,15,19)(H,17,18)(H,20,21). The van der Waals surface area contributed by atoms with Gasteiger partial charge < -0.3 is 20.1 Å². The lowest BCUT2D eigenvalue weighted by Gasteiger charge is -2.16. The van der Waals surface area contributed by atoms with Crippen LogP contribution in [0.1, 0.15) is 43.2 Å². The highest BCUT2D eigenvalue weighted by molar-refractivity contribution is 9.10. The zero-order chi connectivity index (χ0) is 16.2. The van der Waals surface area contributed by atoms with Crippen molar-refractivity contribution < 1.29 is 24.6 Å². The van der Waals surface area contributed by atoms with Crippen molar-refractivity contribution in [1.82, 2.24) is 9.88 Å². The summed E-state index contributed by atoms with van der Waals surface area (Å²) in [4.78, 5) is 33.8. The summed E-state index contributed by atoms with van der Waals surface area (Å²) in [6.07, 6.45) is 1.23. The summed E-state index contributed by atoms with van der Waals surface area (Å²) in [7, 11) is 0. The van der Waals surface area contributed by atoms with Gasteiger partial charge in [0, 0.05) is 23.1 Å². The molecule has 0 aliphatic heterocycles. The topological polar surface area (TPSA) is 109 Å². The number of aliphatic carboxylic acids is 2. The summed E-state index contributed by atoms with van der Waals surface area (Å²) in [5.41, 5.74) is 0.318. The molecule has 0 saturated carbocycles. The van der Waals surface area contributed by atoms with Crippen LogP contribution in [0, 0.1) is 0 Å². The molecule has 0 aliphatic carbocycles. The fraction of sp³-hybridized carbons (Fsp3) is 0.462. The predicted molar refractivity (Wildman–Crippen MR) is 78.3 cm³/mol. The summed E-state index contributed by atoms with van der Waals surface area (Å²) in [5.74, 6) is -2.91. The molecule has 1 unspecified atom stereocenters. The molecular formula is C13H17BrN2O5. The molecule has 3 N–H and O–H groups in total. The smallest absolute Gasteiger partial charge is 0.326 e. The Kier molecular flexibility index (Phi) is 5.95. The lowest BCUT2D eigenvalue weighted by atomic mass is 10.1. The van der Waals surface area contributed by atoms with Gasteiger partial charge in [-0.05, 0) is 42.3 Å². The van der Waals surface area contributed by atoms with E-state index in [1.807, 2.05) is 13.8 Å². The number of carbonyl (C=O) groups is 3. The Bertz CT molecular complexity index is 553. The van der Waals surface area contributed by atoms with Crippen LogP contribution in [0.15, 0.2) is 16.7 Å². The minimum absolute atomic E-state index is 0.0272. The molecule has 7 nitrogen and oxygen atoms in total.